The van der Waals surface area contributed by atoms with E-state index in [0.29, 0.717) is 29.1 Å². The lowest BCUT2D eigenvalue weighted by molar-refractivity contribution is -0.384. The van der Waals surface area contributed by atoms with Crippen LogP contribution in [0, 0.1) is 17.0 Å². The van der Waals surface area contributed by atoms with Gasteiger partial charge in [-0.25, -0.2) is 0 Å². The molecule has 1 amide bonds. The number of pyridine rings is 1. The maximum absolute atomic E-state index is 12.9. The third-order valence-electron chi connectivity index (χ3n) is 5.87. The van der Waals surface area contributed by atoms with Crippen molar-refractivity contribution in [3.8, 4) is 22.4 Å². The normalized spacial score (nSPS) is 14.7. The van der Waals surface area contributed by atoms with Crippen LogP contribution in [0.25, 0.3) is 22.4 Å². The van der Waals surface area contributed by atoms with Crippen LogP contribution in [0.2, 0.25) is 0 Å². The second-order valence-corrected chi connectivity index (χ2v) is 8.32. The first-order valence-electron chi connectivity index (χ1n) is 10.9. The number of carbonyl (C=O) groups excluding carboxylic acids is 1. The van der Waals surface area contributed by atoms with Crippen LogP contribution in [-0.4, -0.2) is 65.4 Å². The summed E-state index contributed by atoms with van der Waals surface area (Å²) in [6.45, 7) is 5.68. The summed E-state index contributed by atoms with van der Waals surface area (Å²) in [6.07, 6.45) is 0. The Hall–Kier alpha value is -3.62. The molecule has 8 nitrogen and oxygen atoms in total. The Labute approximate surface area is 193 Å². The lowest BCUT2D eigenvalue weighted by Gasteiger charge is -2.31. The minimum absolute atomic E-state index is 0.00191. The quantitative estimate of drug-likeness (QED) is 0.458. The molecule has 0 spiro atoms. The monoisotopic (exact) mass is 445 g/mol. The highest BCUT2D eigenvalue weighted by Gasteiger charge is 2.20. The van der Waals surface area contributed by atoms with Gasteiger partial charge in [0.15, 0.2) is 0 Å². The van der Waals surface area contributed by atoms with Gasteiger partial charge in [-0.3, -0.25) is 24.8 Å². The van der Waals surface area contributed by atoms with E-state index in [9.17, 15) is 14.9 Å². The van der Waals surface area contributed by atoms with Crippen LogP contribution in [0.3, 0.4) is 0 Å². The van der Waals surface area contributed by atoms with Gasteiger partial charge in [0, 0.05) is 49.4 Å². The third kappa shape index (κ3) is 5.42. The Morgan fingerprint density at radius 2 is 1.73 bits per heavy atom. The molecule has 3 aromatic rings. The first-order chi connectivity index (χ1) is 15.9. The number of hydrogen-bond donors (Lipinski definition) is 1. The van der Waals surface area contributed by atoms with Crippen molar-refractivity contribution in [2.45, 2.75) is 6.92 Å². The maximum Gasteiger partial charge on any atom is 0.270 e. The van der Waals surface area contributed by atoms with Crippen molar-refractivity contribution < 1.29 is 9.72 Å². The van der Waals surface area contributed by atoms with E-state index in [1.165, 1.54) is 12.1 Å². The van der Waals surface area contributed by atoms with E-state index in [4.69, 9.17) is 4.98 Å². The van der Waals surface area contributed by atoms with Gasteiger partial charge in [0.25, 0.3) is 5.69 Å². The van der Waals surface area contributed by atoms with Crippen molar-refractivity contribution in [2.75, 3.05) is 45.1 Å². The molecule has 8 heteroatoms. The summed E-state index contributed by atoms with van der Waals surface area (Å²) >= 11 is 0. The molecule has 0 saturated carbocycles. The molecule has 0 radical (unpaired) electrons. The van der Waals surface area contributed by atoms with E-state index < -0.39 is 4.92 Å². The van der Waals surface area contributed by atoms with Gasteiger partial charge in [-0.2, -0.15) is 0 Å². The van der Waals surface area contributed by atoms with Crippen LogP contribution in [0.5, 0.6) is 0 Å². The maximum atomic E-state index is 12.9. The number of anilines is 1. The van der Waals surface area contributed by atoms with Gasteiger partial charge in [-0.1, -0.05) is 42.5 Å². The van der Waals surface area contributed by atoms with Gasteiger partial charge in [-0.05, 0) is 25.6 Å². The van der Waals surface area contributed by atoms with E-state index in [1.54, 1.807) is 6.07 Å². The van der Waals surface area contributed by atoms with Crippen molar-refractivity contribution in [3.05, 3.63) is 76.5 Å². The van der Waals surface area contributed by atoms with Crippen molar-refractivity contribution in [1.82, 2.24) is 14.8 Å². The molecule has 4 rings (SSSR count). The zero-order valence-corrected chi connectivity index (χ0v) is 18.8. The summed E-state index contributed by atoms with van der Waals surface area (Å²) in [6, 6.07) is 18.1. The second kappa shape index (κ2) is 9.89. The van der Waals surface area contributed by atoms with Crippen LogP contribution in [0.15, 0.2) is 60.7 Å². The lowest BCUT2D eigenvalue weighted by Crippen LogP contribution is -2.47. The standard InChI is InChI=1S/C25H27N5O3/c1-18-25(27-24(31)17-29-13-11-28(2)12-14-29)22(20-9-6-10-21(15-20)30(32)33)16-23(26-18)19-7-4-3-5-8-19/h3-10,15-16H,11-14,17H2,1-2H3,(H,27,31). The number of hydrogen-bond acceptors (Lipinski definition) is 6. The first-order valence-corrected chi connectivity index (χ1v) is 10.9. The van der Waals surface area contributed by atoms with E-state index >= 15 is 0 Å². The number of piperazine rings is 1. The number of amides is 1. The molecule has 0 aliphatic carbocycles. The van der Waals surface area contributed by atoms with Crippen LogP contribution >= 0.6 is 0 Å². The van der Waals surface area contributed by atoms with Gasteiger partial charge in [0.1, 0.15) is 0 Å². The highest BCUT2D eigenvalue weighted by Crippen LogP contribution is 2.35. The predicted octanol–water partition coefficient (Wildman–Crippen LogP) is 3.82. The summed E-state index contributed by atoms with van der Waals surface area (Å²) in [5.74, 6) is -0.122. The van der Waals surface area contributed by atoms with Crippen molar-refractivity contribution in [1.29, 1.82) is 0 Å². The van der Waals surface area contributed by atoms with Crippen molar-refractivity contribution >= 4 is 17.3 Å². The Bertz CT molecular complexity index is 1160. The summed E-state index contributed by atoms with van der Waals surface area (Å²) in [5, 5.41) is 14.4. The fourth-order valence-electron chi connectivity index (χ4n) is 3.99. The molecule has 2 aromatic carbocycles. The molecular formula is C25H27N5O3. The van der Waals surface area contributed by atoms with Gasteiger partial charge in [-0.15, -0.1) is 0 Å². The molecule has 0 bridgehead atoms. The topological polar surface area (TPSA) is 91.6 Å². The molecule has 1 aliphatic heterocycles. The lowest BCUT2D eigenvalue weighted by atomic mass is 9.99. The summed E-state index contributed by atoms with van der Waals surface area (Å²) in [7, 11) is 2.08. The molecule has 1 aliphatic rings. The minimum atomic E-state index is -0.415. The summed E-state index contributed by atoms with van der Waals surface area (Å²) in [5.41, 5.74) is 4.27. The molecule has 0 unspecified atom stereocenters. The average molecular weight is 446 g/mol. The van der Waals surface area contributed by atoms with Crippen LogP contribution < -0.4 is 5.32 Å². The Balaban J connectivity index is 1.70. The average Bonchev–Trinajstić information content (AvgIpc) is 2.82. The fourth-order valence-corrected chi connectivity index (χ4v) is 3.99. The third-order valence-corrected chi connectivity index (χ3v) is 5.87. The number of aryl methyl sites for hydroxylation is 1. The Kier molecular flexibility index (Phi) is 6.76. The molecule has 1 N–H and O–H groups in total. The molecule has 0 atom stereocenters. The largest absolute Gasteiger partial charge is 0.323 e. The second-order valence-electron chi connectivity index (χ2n) is 8.32. The molecule has 1 fully saturated rings. The number of nitro benzene ring substituents is 1. The predicted molar refractivity (Wildman–Crippen MR) is 129 cm³/mol. The fraction of sp³-hybridized carbons (Fsp3) is 0.280. The van der Waals surface area contributed by atoms with Gasteiger partial charge >= 0.3 is 0 Å². The zero-order chi connectivity index (χ0) is 23.4. The number of rotatable bonds is 6. The van der Waals surface area contributed by atoms with Crippen LogP contribution in [0.4, 0.5) is 11.4 Å². The number of aromatic nitrogens is 1. The minimum Gasteiger partial charge on any atom is -0.323 e. The van der Waals surface area contributed by atoms with Gasteiger partial charge < -0.3 is 10.2 Å². The number of nitrogens with zero attached hydrogens (tertiary/aromatic N) is 4. The van der Waals surface area contributed by atoms with E-state index in [2.05, 4.69) is 22.2 Å². The first kappa shape index (κ1) is 22.6. The highest BCUT2D eigenvalue weighted by molar-refractivity contribution is 5.98. The Morgan fingerprint density at radius 1 is 1.03 bits per heavy atom. The van der Waals surface area contributed by atoms with E-state index in [-0.39, 0.29) is 11.6 Å². The smallest absolute Gasteiger partial charge is 0.270 e. The number of likely N-dealkylation sites (N-methyl/N-ethyl adjacent to an activating group) is 1. The molecule has 170 valence electrons. The number of carbonyl (C=O) groups is 1. The van der Waals surface area contributed by atoms with Gasteiger partial charge in [0.2, 0.25) is 5.91 Å². The number of benzene rings is 2. The SMILES string of the molecule is Cc1nc(-c2ccccc2)cc(-c2cccc([N+](=O)[O-])c2)c1NC(=O)CN1CCN(C)CC1. The summed E-state index contributed by atoms with van der Waals surface area (Å²) in [4.78, 5) is 33.0. The summed E-state index contributed by atoms with van der Waals surface area (Å²) < 4.78 is 0. The number of nitrogens with one attached hydrogen (secondary N) is 1. The van der Waals surface area contributed by atoms with Crippen LogP contribution in [-0.2, 0) is 4.79 Å². The molecular weight excluding hydrogens is 418 g/mol. The van der Waals surface area contributed by atoms with Crippen molar-refractivity contribution in [2.24, 2.45) is 0 Å². The molecule has 1 saturated heterocycles. The van der Waals surface area contributed by atoms with Gasteiger partial charge in [0.05, 0.1) is 28.5 Å². The zero-order valence-electron chi connectivity index (χ0n) is 18.8. The highest BCUT2D eigenvalue weighted by atomic mass is 16.6. The van der Waals surface area contributed by atoms with Crippen LogP contribution in [0.1, 0.15) is 5.69 Å². The molecule has 1 aromatic heterocycles. The van der Waals surface area contributed by atoms with Crippen molar-refractivity contribution in [3.63, 3.8) is 0 Å². The molecule has 33 heavy (non-hydrogen) atoms. The van der Waals surface area contributed by atoms with E-state index in [0.717, 1.165) is 37.4 Å². The molecule has 2 heterocycles. The van der Waals surface area contributed by atoms with E-state index in [1.807, 2.05) is 49.4 Å². The number of nitro groups is 1. The number of non-ortho nitro benzene ring substituents is 1. The Morgan fingerprint density at radius 3 is 2.42 bits per heavy atom.